The molecule has 0 bridgehead atoms. The van der Waals surface area contributed by atoms with Gasteiger partial charge in [-0.1, -0.05) is 36.4 Å². The lowest BCUT2D eigenvalue weighted by Crippen LogP contribution is -2.36. The first-order valence-corrected chi connectivity index (χ1v) is 10.7. The summed E-state index contributed by atoms with van der Waals surface area (Å²) in [5.74, 6) is -0.0601. The van der Waals surface area contributed by atoms with Gasteiger partial charge in [0.25, 0.3) is 5.56 Å². The van der Waals surface area contributed by atoms with Gasteiger partial charge in [0.1, 0.15) is 5.82 Å². The number of benzene rings is 2. The van der Waals surface area contributed by atoms with Crippen molar-refractivity contribution in [3.63, 3.8) is 0 Å². The monoisotopic (exact) mass is 439 g/mol. The molecular weight excluding hydrogens is 417 g/mol. The van der Waals surface area contributed by atoms with Crippen molar-refractivity contribution in [1.29, 1.82) is 0 Å². The van der Waals surface area contributed by atoms with E-state index in [-0.39, 0.29) is 17.4 Å². The Balaban J connectivity index is 1.57. The van der Waals surface area contributed by atoms with E-state index in [0.717, 1.165) is 18.5 Å². The fraction of sp³-hybridized carbons (Fsp3) is 0.154. The van der Waals surface area contributed by atoms with Crippen molar-refractivity contribution in [2.45, 2.75) is 19.0 Å². The highest BCUT2D eigenvalue weighted by Crippen LogP contribution is 2.29. The fourth-order valence-electron chi connectivity index (χ4n) is 4.04. The first kappa shape index (κ1) is 20.9. The summed E-state index contributed by atoms with van der Waals surface area (Å²) in [6.45, 7) is 0.769. The molecule has 1 aliphatic rings. The van der Waals surface area contributed by atoms with Crippen molar-refractivity contribution >= 4 is 12.2 Å². The maximum absolute atomic E-state index is 13.5. The minimum absolute atomic E-state index is 0.0398. The first-order valence-electron chi connectivity index (χ1n) is 10.7. The molecule has 0 fully saturated rings. The third kappa shape index (κ3) is 4.23. The molecule has 1 atom stereocenters. The van der Waals surface area contributed by atoms with E-state index in [1.807, 2.05) is 18.3 Å². The minimum atomic E-state index is -0.364. The lowest BCUT2D eigenvalue weighted by Gasteiger charge is -2.23. The predicted molar refractivity (Wildman–Crippen MR) is 127 cm³/mol. The standard InChI is InChI=1S/C26H22FN5O/c1-32-25(33)23(17-6-8-21(27)9-7-17)24(18-10-12-28-13-11-18)31-26(32)30-16-22-14-19-4-2-3-5-20(19)15-29-22/h2-13,16,22,29H,14-15H2,1H3/t22-/m0/s1. The Morgan fingerprint density at radius 2 is 1.76 bits per heavy atom. The van der Waals surface area contributed by atoms with E-state index in [4.69, 9.17) is 4.98 Å². The van der Waals surface area contributed by atoms with Crippen LogP contribution in [0.25, 0.3) is 22.4 Å². The zero-order valence-corrected chi connectivity index (χ0v) is 18.1. The maximum Gasteiger partial charge on any atom is 0.263 e. The zero-order valence-electron chi connectivity index (χ0n) is 18.1. The Labute approximate surface area is 190 Å². The van der Waals surface area contributed by atoms with Crippen molar-refractivity contribution in [2.24, 2.45) is 12.0 Å². The normalized spacial score (nSPS) is 15.5. The van der Waals surface area contributed by atoms with Crippen LogP contribution in [0.4, 0.5) is 10.3 Å². The molecule has 7 heteroatoms. The highest BCUT2D eigenvalue weighted by molar-refractivity contribution is 5.81. The summed E-state index contributed by atoms with van der Waals surface area (Å²) in [4.78, 5) is 26.8. The summed E-state index contributed by atoms with van der Waals surface area (Å²) in [6.07, 6.45) is 5.93. The second-order valence-electron chi connectivity index (χ2n) is 7.98. The lowest BCUT2D eigenvalue weighted by molar-refractivity contribution is 0.584. The van der Waals surface area contributed by atoms with Crippen LogP contribution >= 0.6 is 0 Å². The predicted octanol–water partition coefficient (Wildman–Crippen LogP) is 4.07. The molecule has 2 aromatic carbocycles. The van der Waals surface area contributed by atoms with Gasteiger partial charge in [0, 0.05) is 43.8 Å². The van der Waals surface area contributed by atoms with E-state index in [1.54, 1.807) is 43.7 Å². The van der Waals surface area contributed by atoms with Crippen LogP contribution in [-0.2, 0) is 20.0 Å². The van der Waals surface area contributed by atoms with E-state index >= 15 is 0 Å². The number of nitrogens with zero attached hydrogens (tertiary/aromatic N) is 4. The molecule has 3 heterocycles. The number of aliphatic imine (C=N–C) groups is 1. The largest absolute Gasteiger partial charge is 0.305 e. The molecule has 164 valence electrons. The SMILES string of the molecule is Cn1c(N=C[C@@H]2Cc3ccccc3CN2)nc(-c2ccncc2)c(-c2ccc(F)cc2)c1=O. The number of pyridine rings is 1. The lowest BCUT2D eigenvalue weighted by atomic mass is 9.96. The third-order valence-electron chi connectivity index (χ3n) is 5.84. The van der Waals surface area contributed by atoms with Crippen molar-refractivity contribution in [3.05, 3.63) is 100 Å². The van der Waals surface area contributed by atoms with Crippen LogP contribution in [-0.4, -0.2) is 26.8 Å². The molecule has 1 N–H and O–H groups in total. The second-order valence-corrected chi connectivity index (χ2v) is 7.98. The van der Waals surface area contributed by atoms with E-state index in [1.165, 1.54) is 27.8 Å². The number of fused-ring (bicyclic) bond motifs is 1. The van der Waals surface area contributed by atoms with E-state index in [2.05, 4.69) is 27.4 Å². The average molecular weight is 439 g/mol. The quantitative estimate of drug-likeness (QED) is 0.487. The van der Waals surface area contributed by atoms with Gasteiger partial charge >= 0.3 is 0 Å². The van der Waals surface area contributed by atoms with Crippen molar-refractivity contribution < 1.29 is 4.39 Å². The summed E-state index contributed by atoms with van der Waals surface area (Å²) in [7, 11) is 1.65. The number of aromatic nitrogens is 3. The molecule has 33 heavy (non-hydrogen) atoms. The maximum atomic E-state index is 13.5. The van der Waals surface area contributed by atoms with Crippen LogP contribution in [0.2, 0.25) is 0 Å². The Morgan fingerprint density at radius 3 is 2.52 bits per heavy atom. The molecule has 2 aromatic heterocycles. The summed E-state index contributed by atoms with van der Waals surface area (Å²) in [6, 6.07) is 17.8. The van der Waals surface area contributed by atoms with Crippen LogP contribution in [0.5, 0.6) is 0 Å². The summed E-state index contributed by atoms with van der Waals surface area (Å²) >= 11 is 0. The molecule has 4 aromatic rings. The third-order valence-corrected chi connectivity index (χ3v) is 5.84. The van der Waals surface area contributed by atoms with Crippen LogP contribution < -0.4 is 10.9 Å². The Morgan fingerprint density at radius 1 is 1.03 bits per heavy atom. The summed E-state index contributed by atoms with van der Waals surface area (Å²) < 4.78 is 14.9. The van der Waals surface area contributed by atoms with Crippen LogP contribution in [0.3, 0.4) is 0 Å². The second kappa shape index (κ2) is 8.88. The molecule has 0 saturated heterocycles. The average Bonchev–Trinajstić information content (AvgIpc) is 2.86. The molecular formula is C26H22FN5O. The van der Waals surface area contributed by atoms with Crippen LogP contribution in [0, 0.1) is 5.82 Å². The molecule has 5 rings (SSSR count). The van der Waals surface area contributed by atoms with Gasteiger partial charge in [-0.05, 0) is 47.4 Å². The topological polar surface area (TPSA) is 72.2 Å². The summed E-state index contributed by atoms with van der Waals surface area (Å²) in [5, 5.41) is 3.46. The van der Waals surface area contributed by atoms with E-state index < -0.39 is 0 Å². The highest BCUT2D eigenvalue weighted by Gasteiger charge is 2.19. The molecule has 0 aliphatic carbocycles. The number of hydrogen-bond acceptors (Lipinski definition) is 5. The van der Waals surface area contributed by atoms with E-state index in [0.29, 0.717) is 22.8 Å². The van der Waals surface area contributed by atoms with Gasteiger partial charge in [-0.3, -0.25) is 14.3 Å². The van der Waals surface area contributed by atoms with Crippen molar-refractivity contribution in [2.75, 3.05) is 0 Å². The van der Waals surface area contributed by atoms with E-state index in [9.17, 15) is 9.18 Å². The smallest absolute Gasteiger partial charge is 0.263 e. The van der Waals surface area contributed by atoms with Gasteiger partial charge < -0.3 is 5.32 Å². The number of rotatable bonds is 4. The van der Waals surface area contributed by atoms with Gasteiger partial charge in [-0.2, -0.15) is 0 Å². The van der Waals surface area contributed by atoms with Gasteiger partial charge in [0.05, 0.1) is 11.3 Å². The molecule has 0 radical (unpaired) electrons. The van der Waals surface area contributed by atoms with Crippen LogP contribution in [0.15, 0.2) is 82.8 Å². The number of nitrogens with one attached hydrogen (secondary N) is 1. The van der Waals surface area contributed by atoms with Crippen LogP contribution in [0.1, 0.15) is 11.1 Å². The molecule has 0 saturated carbocycles. The first-order chi connectivity index (χ1) is 16.1. The number of hydrogen-bond donors (Lipinski definition) is 1. The Hall–Kier alpha value is -3.97. The molecule has 1 aliphatic heterocycles. The number of halogens is 1. The molecule has 0 spiro atoms. The summed E-state index contributed by atoms with van der Waals surface area (Å²) in [5.41, 5.74) is 4.54. The molecule has 6 nitrogen and oxygen atoms in total. The van der Waals surface area contributed by atoms with Gasteiger partial charge in [-0.25, -0.2) is 14.4 Å². The van der Waals surface area contributed by atoms with Gasteiger partial charge in [0.15, 0.2) is 0 Å². The molecule has 0 amide bonds. The molecule has 0 unspecified atom stereocenters. The minimum Gasteiger partial charge on any atom is -0.305 e. The van der Waals surface area contributed by atoms with Crippen molar-refractivity contribution in [3.8, 4) is 22.4 Å². The Bertz CT molecular complexity index is 1380. The fourth-order valence-corrected chi connectivity index (χ4v) is 4.04. The Kier molecular flexibility index (Phi) is 5.62. The van der Waals surface area contributed by atoms with Gasteiger partial charge in [0.2, 0.25) is 5.95 Å². The van der Waals surface area contributed by atoms with Gasteiger partial charge in [-0.15, -0.1) is 0 Å². The highest BCUT2D eigenvalue weighted by atomic mass is 19.1. The van der Waals surface area contributed by atoms with Crippen molar-refractivity contribution in [1.82, 2.24) is 19.9 Å². The zero-order chi connectivity index (χ0) is 22.8.